The van der Waals surface area contributed by atoms with Crippen molar-refractivity contribution in [1.82, 2.24) is 9.97 Å². The summed E-state index contributed by atoms with van der Waals surface area (Å²) in [7, 11) is 2.85. The minimum absolute atomic E-state index is 0.00717. The van der Waals surface area contributed by atoms with E-state index in [9.17, 15) is 14.9 Å². The summed E-state index contributed by atoms with van der Waals surface area (Å²) in [6.45, 7) is 2.28. The lowest BCUT2D eigenvalue weighted by atomic mass is 10.1. The summed E-state index contributed by atoms with van der Waals surface area (Å²) in [5.41, 5.74) is 0.819. The van der Waals surface area contributed by atoms with Crippen molar-refractivity contribution in [3.8, 4) is 5.75 Å². The molecule has 3 rings (SSSR count). The summed E-state index contributed by atoms with van der Waals surface area (Å²) in [4.78, 5) is 33.2. The normalized spacial score (nSPS) is 10.3. The number of methoxy groups -OCH3 is 1. The number of nitrogens with one attached hydrogen (secondary N) is 1. The first-order valence-corrected chi connectivity index (χ1v) is 9.37. The van der Waals surface area contributed by atoms with Gasteiger partial charge in [0.05, 0.1) is 35.6 Å². The molecule has 0 saturated heterocycles. The summed E-state index contributed by atoms with van der Waals surface area (Å²) in [6.07, 6.45) is 1.21. The lowest BCUT2D eigenvalue weighted by Gasteiger charge is -2.21. The average molecular weight is 423 g/mol. The molecule has 160 valence electrons. The van der Waals surface area contributed by atoms with Gasteiger partial charge in [-0.1, -0.05) is 24.3 Å². The zero-order valence-corrected chi connectivity index (χ0v) is 17.2. The molecule has 10 heteroatoms. The molecule has 1 heterocycles. The van der Waals surface area contributed by atoms with E-state index in [0.717, 1.165) is 0 Å². The number of ether oxygens (including phenoxy) is 2. The molecule has 0 bridgehead atoms. The maximum atomic E-state index is 12.2. The Balaban J connectivity index is 2.08. The zero-order valence-electron chi connectivity index (χ0n) is 17.2. The van der Waals surface area contributed by atoms with Crippen LogP contribution in [0.4, 0.5) is 28.7 Å². The molecule has 0 fully saturated rings. The van der Waals surface area contributed by atoms with Gasteiger partial charge < -0.3 is 19.7 Å². The zero-order chi connectivity index (χ0) is 22.4. The maximum absolute atomic E-state index is 12.2. The smallest absolute Gasteiger partial charge is 0.354 e. The van der Waals surface area contributed by atoms with Gasteiger partial charge in [-0.2, -0.15) is 0 Å². The third-order valence-corrected chi connectivity index (χ3v) is 4.41. The van der Waals surface area contributed by atoms with E-state index in [-0.39, 0.29) is 22.9 Å². The number of esters is 1. The molecular weight excluding hydrogens is 402 g/mol. The van der Waals surface area contributed by atoms with Gasteiger partial charge in [-0.25, -0.2) is 14.8 Å². The van der Waals surface area contributed by atoms with Crippen LogP contribution in [0.1, 0.15) is 17.3 Å². The standard InChI is InChI=1S/C21H21N5O5/c1-4-31-17-12-8-6-10-15(17)24-19-18(26(28)29)20(23-13-22-19)25(2)16-11-7-5-9-14(16)21(27)30-3/h5-13H,4H2,1-3H3,(H,22,23,24). The highest BCUT2D eigenvalue weighted by Crippen LogP contribution is 2.38. The van der Waals surface area contributed by atoms with Crippen LogP contribution in [-0.4, -0.2) is 41.6 Å². The van der Waals surface area contributed by atoms with Crippen molar-refractivity contribution in [2.45, 2.75) is 6.92 Å². The highest BCUT2D eigenvalue weighted by molar-refractivity contribution is 5.97. The molecule has 1 aromatic heterocycles. The predicted octanol–water partition coefficient (Wildman–Crippen LogP) is 4.08. The Hall–Kier alpha value is -4.21. The monoisotopic (exact) mass is 423 g/mol. The third kappa shape index (κ3) is 4.53. The van der Waals surface area contributed by atoms with Crippen molar-refractivity contribution >= 4 is 34.7 Å². The van der Waals surface area contributed by atoms with E-state index in [1.165, 1.54) is 18.3 Å². The number of hydrogen-bond donors (Lipinski definition) is 1. The lowest BCUT2D eigenvalue weighted by molar-refractivity contribution is -0.383. The highest BCUT2D eigenvalue weighted by Gasteiger charge is 2.28. The fourth-order valence-corrected chi connectivity index (χ4v) is 3.02. The van der Waals surface area contributed by atoms with Gasteiger partial charge in [-0.05, 0) is 31.2 Å². The molecule has 2 aromatic carbocycles. The summed E-state index contributed by atoms with van der Waals surface area (Å²) < 4.78 is 10.4. The maximum Gasteiger partial charge on any atom is 0.354 e. The van der Waals surface area contributed by atoms with Crippen LogP contribution in [0.3, 0.4) is 0 Å². The molecule has 0 atom stereocenters. The highest BCUT2D eigenvalue weighted by atomic mass is 16.6. The van der Waals surface area contributed by atoms with Gasteiger partial charge in [0.15, 0.2) is 0 Å². The number of anilines is 4. The first-order valence-electron chi connectivity index (χ1n) is 9.37. The first kappa shape index (κ1) is 21.5. The number of para-hydroxylation sites is 3. The summed E-state index contributed by atoms with van der Waals surface area (Å²) in [6, 6.07) is 13.7. The van der Waals surface area contributed by atoms with Crippen LogP contribution in [-0.2, 0) is 4.74 Å². The second kappa shape index (κ2) is 9.53. The largest absolute Gasteiger partial charge is 0.492 e. The molecule has 10 nitrogen and oxygen atoms in total. The van der Waals surface area contributed by atoms with E-state index in [1.54, 1.807) is 55.6 Å². The van der Waals surface area contributed by atoms with Crippen molar-refractivity contribution in [3.63, 3.8) is 0 Å². The fourth-order valence-electron chi connectivity index (χ4n) is 3.02. The minimum atomic E-state index is -0.571. The summed E-state index contributed by atoms with van der Waals surface area (Å²) in [5, 5.41) is 15.0. The number of rotatable bonds is 8. The lowest BCUT2D eigenvalue weighted by Crippen LogP contribution is -2.18. The van der Waals surface area contributed by atoms with Crippen molar-refractivity contribution in [1.29, 1.82) is 0 Å². The van der Waals surface area contributed by atoms with E-state index < -0.39 is 10.9 Å². The number of hydrogen-bond acceptors (Lipinski definition) is 9. The second-order valence-corrected chi connectivity index (χ2v) is 6.27. The van der Waals surface area contributed by atoms with Gasteiger partial charge in [0.2, 0.25) is 11.6 Å². The Labute approximate surface area is 178 Å². The Morgan fingerprint density at radius 2 is 1.87 bits per heavy atom. The van der Waals surface area contributed by atoms with Crippen molar-refractivity contribution in [3.05, 3.63) is 70.5 Å². The number of carbonyl (C=O) groups excluding carboxylic acids is 1. The predicted molar refractivity (Wildman–Crippen MR) is 115 cm³/mol. The van der Waals surface area contributed by atoms with E-state index >= 15 is 0 Å². The number of aromatic nitrogens is 2. The Morgan fingerprint density at radius 1 is 1.16 bits per heavy atom. The van der Waals surface area contributed by atoms with Crippen LogP contribution in [0.2, 0.25) is 0 Å². The van der Waals surface area contributed by atoms with Crippen LogP contribution in [0.15, 0.2) is 54.9 Å². The van der Waals surface area contributed by atoms with Gasteiger partial charge in [-0.3, -0.25) is 10.1 Å². The molecule has 3 aromatic rings. The van der Waals surface area contributed by atoms with Crippen molar-refractivity contribution < 1.29 is 19.2 Å². The van der Waals surface area contributed by atoms with Gasteiger partial charge >= 0.3 is 11.7 Å². The molecule has 0 aliphatic carbocycles. The van der Waals surface area contributed by atoms with Crippen LogP contribution in [0.5, 0.6) is 5.75 Å². The van der Waals surface area contributed by atoms with Gasteiger partial charge in [0.25, 0.3) is 0 Å². The van der Waals surface area contributed by atoms with Crippen molar-refractivity contribution in [2.75, 3.05) is 31.0 Å². The van der Waals surface area contributed by atoms with Gasteiger partial charge in [0.1, 0.15) is 12.1 Å². The molecular formula is C21H21N5O5. The first-order chi connectivity index (χ1) is 15.0. The van der Waals surface area contributed by atoms with E-state index in [4.69, 9.17) is 9.47 Å². The molecule has 0 aliphatic heterocycles. The van der Waals surface area contributed by atoms with E-state index in [1.807, 2.05) is 6.92 Å². The molecule has 31 heavy (non-hydrogen) atoms. The molecule has 0 amide bonds. The molecule has 0 saturated carbocycles. The fraction of sp³-hybridized carbons (Fsp3) is 0.190. The third-order valence-electron chi connectivity index (χ3n) is 4.41. The molecule has 0 radical (unpaired) electrons. The second-order valence-electron chi connectivity index (χ2n) is 6.27. The molecule has 1 N–H and O–H groups in total. The van der Waals surface area contributed by atoms with E-state index in [2.05, 4.69) is 15.3 Å². The van der Waals surface area contributed by atoms with Gasteiger partial charge in [-0.15, -0.1) is 0 Å². The minimum Gasteiger partial charge on any atom is -0.492 e. The number of carbonyl (C=O) groups is 1. The number of nitro groups is 1. The molecule has 0 unspecified atom stereocenters. The van der Waals surface area contributed by atoms with Crippen LogP contribution >= 0.6 is 0 Å². The number of benzene rings is 2. The van der Waals surface area contributed by atoms with Crippen LogP contribution in [0, 0.1) is 10.1 Å². The Kier molecular flexibility index (Phi) is 6.61. The number of nitrogens with zero attached hydrogens (tertiary/aromatic N) is 4. The van der Waals surface area contributed by atoms with Crippen LogP contribution < -0.4 is 15.0 Å². The average Bonchev–Trinajstić information content (AvgIpc) is 2.79. The van der Waals surface area contributed by atoms with E-state index in [0.29, 0.717) is 23.7 Å². The van der Waals surface area contributed by atoms with Crippen LogP contribution in [0.25, 0.3) is 0 Å². The van der Waals surface area contributed by atoms with Crippen molar-refractivity contribution in [2.24, 2.45) is 0 Å². The quantitative estimate of drug-likeness (QED) is 0.324. The Morgan fingerprint density at radius 3 is 2.58 bits per heavy atom. The topological polar surface area (TPSA) is 120 Å². The summed E-state index contributed by atoms with van der Waals surface area (Å²) in [5.74, 6) is -0.0377. The summed E-state index contributed by atoms with van der Waals surface area (Å²) >= 11 is 0. The molecule has 0 aliphatic rings. The van der Waals surface area contributed by atoms with Gasteiger partial charge in [0, 0.05) is 7.05 Å². The SMILES string of the molecule is CCOc1ccccc1Nc1ncnc(N(C)c2ccccc2C(=O)OC)c1[N+](=O)[O-]. The molecule has 0 spiro atoms. The Bertz CT molecular complexity index is 1110.